The average Bonchev–Trinajstić information content (AvgIpc) is 2.57. The van der Waals surface area contributed by atoms with E-state index in [9.17, 15) is 9.59 Å². The molecule has 0 bridgehead atoms. The average molecular weight is 295 g/mol. The Morgan fingerprint density at radius 2 is 1.90 bits per heavy atom. The van der Waals surface area contributed by atoms with Crippen LogP contribution in [0.25, 0.3) is 0 Å². The normalized spacial score (nSPS) is 12.9. The molecule has 1 aromatic heterocycles. The van der Waals surface area contributed by atoms with Crippen molar-refractivity contribution in [3.63, 3.8) is 0 Å². The SMILES string of the molecule is Cc1nn(C)c(C)c1C(C)C(=O)NCC(=O)OC(C)(C)C. The van der Waals surface area contributed by atoms with Crippen LogP contribution in [0.5, 0.6) is 0 Å². The maximum atomic E-state index is 12.2. The zero-order chi connectivity index (χ0) is 16.4. The summed E-state index contributed by atoms with van der Waals surface area (Å²) in [5.74, 6) is -1.01. The second kappa shape index (κ2) is 6.28. The minimum atomic E-state index is -0.552. The van der Waals surface area contributed by atoms with E-state index in [2.05, 4.69) is 10.4 Å². The molecule has 0 aromatic carbocycles. The molecule has 118 valence electrons. The Balaban J connectivity index is 2.66. The van der Waals surface area contributed by atoms with E-state index in [1.54, 1.807) is 32.4 Å². The number of nitrogens with one attached hydrogen (secondary N) is 1. The first-order chi connectivity index (χ1) is 9.53. The molecule has 0 aliphatic heterocycles. The van der Waals surface area contributed by atoms with Crippen molar-refractivity contribution >= 4 is 11.9 Å². The van der Waals surface area contributed by atoms with E-state index in [1.807, 2.05) is 20.9 Å². The molecule has 21 heavy (non-hydrogen) atoms. The quantitative estimate of drug-likeness (QED) is 0.856. The molecule has 1 amide bonds. The summed E-state index contributed by atoms with van der Waals surface area (Å²) in [4.78, 5) is 23.8. The van der Waals surface area contributed by atoms with E-state index < -0.39 is 11.6 Å². The number of esters is 1. The number of aromatic nitrogens is 2. The Labute approximate surface area is 125 Å². The Bertz CT molecular complexity index is 541. The monoisotopic (exact) mass is 295 g/mol. The number of nitrogens with zero attached hydrogens (tertiary/aromatic N) is 2. The van der Waals surface area contributed by atoms with Crippen LogP contribution >= 0.6 is 0 Å². The van der Waals surface area contributed by atoms with Gasteiger partial charge in [0, 0.05) is 18.3 Å². The largest absolute Gasteiger partial charge is 0.459 e. The highest BCUT2D eigenvalue weighted by molar-refractivity contribution is 5.87. The highest BCUT2D eigenvalue weighted by atomic mass is 16.6. The third-order valence-corrected chi connectivity index (χ3v) is 3.22. The van der Waals surface area contributed by atoms with Gasteiger partial charge in [0.15, 0.2) is 0 Å². The lowest BCUT2D eigenvalue weighted by Crippen LogP contribution is -2.36. The van der Waals surface area contributed by atoms with Gasteiger partial charge >= 0.3 is 5.97 Å². The first-order valence-corrected chi connectivity index (χ1v) is 7.02. The van der Waals surface area contributed by atoms with Crippen LogP contribution in [-0.4, -0.2) is 33.8 Å². The van der Waals surface area contributed by atoms with Gasteiger partial charge in [-0.15, -0.1) is 0 Å². The van der Waals surface area contributed by atoms with Crippen molar-refractivity contribution in [2.24, 2.45) is 7.05 Å². The van der Waals surface area contributed by atoms with Gasteiger partial charge in [-0.25, -0.2) is 0 Å². The zero-order valence-electron chi connectivity index (χ0n) is 13.9. The molecule has 1 atom stereocenters. The first kappa shape index (κ1) is 17.2. The molecule has 6 nitrogen and oxygen atoms in total. The van der Waals surface area contributed by atoms with E-state index in [0.717, 1.165) is 17.0 Å². The predicted octanol–water partition coefficient (Wildman–Crippen LogP) is 1.60. The van der Waals surface area contributed by atoms with Crippen molar-refractivity contribution in [1.29, 1.82) is 0 Å². The van der Waals surface area contributed by atoms with Crippen molar-refractivity contribution in [2.45, 2.75) is 53.1 Å². The predicted molar refractivity (Wildman–Crippen MR) is 80.0 cm³/mol. The van der Waals surface area contributed by atoms with E-state index in [4.69, 9.17) is 4.74 Å². The van der Waals surface area contributed by atoms with Gasteiger partial charge in [-0.2, -0.15) is 5.10 Å². The summed E-state index contributed by atoms with van der Waals surface area (Å²) in [5.41, 5.74) is 2.13. The van der Waals surface area contributed by atoms with Gasteiger partial charge in [-0.1, -0.05) is 0 Å². The minimum absolute atomic E-state index is 0.126. The maximum absolute atomic E-state index is 12.2. The second-order valence-electron chi connectivity index (χ2n) is 6.23. The highest BCUT2D eigenvalue weighted by Crippen LogP contribution is 2.22. The van der Waals surface area contributed by atoms with Crippen LogP contribution in [-0.2, 0) is 21.4 Å². The minimum Gasteiger partial charge on any atom is -0.459 e. The van der Waals surface area contributed by atoms with Gasteiger partial charge < -0.3 is 10.1 Å². The van der Waals surface area contributed by atoms with Crippen molar-refractivity contribution < 1.29 is 14.3 Å². The number of aryl methyl sites for hydroxylation is 2. The Hall–Kier alpha value is -1.85. The van der Waals surface area contributed by atoms with Crippen molar-refractivity contribution in [3.8, 4) is 0 Å². The summed E-state index contributed by atoms with van der Waals surface area (Å²) in [5, 5.41) is 6.92. The summed E-state index contributed by atoms with van der Waals surface area (Å²) >= 11 is 0. The summed E-state index contributed by atoms with van der Waals surface area (Å²) in [6, 6.07) is 0. The number of carbonyl (C=O) groups is 2. The summed E-state index contributed by atoms with van der Waals surface area (Å²) in [6.07, 6.45) is 0. The van der Waals surface area contributed by atoms with Crippen LogP contribution in [0.15, 0.2) is 0 Å². The van der Waals surface area contributed by atoms with Gasteiger partial charge in [0.05, 0.1) is 11.6 Å². The first-order valence-electron chi connectivity index (χ1n) is 7.02. The summed E-state index contributed by atoms with van der Waals surface area (Å²) in [6.45, 7) is 10.8. The van der Waals surface area contributed by atoms with Gasteiger partial charge in [0.25, 0.3) is 0 Å². The molecular weight excluding hydrogens is 270 g/mol. The lowest BCUT2D eigenvalue weighted by molar-refractivity contribution is -0.154. The number of hydrogen-bond acceptors (Lipinski definition) is 4. The number of rotatable bonds is 4. The van der Waals surface area contributed by atoms with Crippen LogP contribution in [0.3, 0.4) is 0 Å². The molecule has 1 heterocycles. The van der Waals surface area contributed by atoms with E-state index in [-0.39, 0.29) is 18.4 Å². The van der Waals surface area contributed by atoms with Crippen molar-refractivity contribution in [3.05, 3.63) is 17.0 Å². The van der Waals surface area contributed by atoms with Gasteiger partial charge in [0.2, 0.25) is 5.91 Å². The second-order valence-corrected chi connectivity index (χ2v) is 6.23. The smallest absolute Gasteiger partial charge is 0.325 e. The third-order valence-electron chi connectivity index (χ3n) is 3.22. The van der Waals surface area contributed by atoms with Gasteiger partial charge in [0.1, 0.15) is 12.1 Å². The lowest BCUT2D eigenvalue weighted by atomic mass is 9.98. The van der Waals surface area contributed by atoms with Crippen LogP contribution in [0.4, 0.5) is 0 Å². The topological polar surface area (TPSA) is 73.2 Å². The molecule has 1 N–H and O–H groups in total. The van der Waals surface area contributed by atoms with Crippen LogP contribution in [0, 0.1) is 13.8 Å². The molecule has 1 aromatic rings. The summed E-state index contributed by atoms with van der Waals surface area (Å²) < 4.78 is 6.91. The Kier molecular flexibility index (Phi) is 5.15. The molecule has 0 aliphatic rings. The van der Waals surface area contributed by atoms with Crippen LogP contribution in [0.1, 0.15) is 50.6 Å². The van der Waals surface area contributed by atoms with E-state index >= 15 is 0 Å². The molecule has 0 radical (unpaired) electrons. The number of ether oxygens (including phenoxy) is 1. The molecule has 6 heteroatoms. The van der Waals surface area contributed by atoms with Gasteiger partial charge in [-0.3, -0.25) is 14.3 Å². The Morgan fingerprint density at radius 3 is 2.33 bits per heavy atom. The molecule has 1 rings (SSSR count). The fraction of sp³-hybridized carbons (Fsp3) is 0.667. The number of hydrogen-bond donors (Lipinski definition) is 1. The molecular formula is C15H25N3O3. The van der Waals surface area contributed by atoms with E-state index in [1.165, 1.54) is 0 Å². The maximum Gasteiger partial charge on any atom is 0.325 e. The van der Waals surface area contributed by atoms with Crippen LogP contribution in [0.2, 0.25) is 0 Å². The number of carbonyl (C=O) groups excluding carboxylic acids is 2. The van der Waals surface area contributed by atoms with Gasteiger partial charge in [-0.05, 0) is 41.5 Å². The lowest BCUT2D eigenvalue weighted by Gasteiger charge is -2.20. The third kappa shape index (κ3) is 4.58. The van der Waals surface area contributed by atoms with Crippen molar-refractivity contribution in [2.75, 3.05) is 6.54 Å². The summed E-state index contributed by atoms with van der Waals surface area (Å²) in [7, 11) is 1.84. The van der Waals surface area contributed by atoms with Crippen LogP contribution < -0.4 is 5.32 Å². The molecule has 1 unspecified atom stereocenters. The fourth-order valence-electron chi connectivity index (χ4n) is 2.24. The van der Waals surface area contributed by atoms with Crippen molar-refractivity contribution in [1.82, 2.24) is 15.1 Å². The molecule has 0 spiro atoms. The highest BCUT2D eigenvalue weighted by Gasteiger charge is 2.23. The molecule has 0 aliphatic carbocycles. The standard InChI is InChI=1S/C15H25N3O3/c1-9(13-10(2)17-18(7)11(13)3)14(20)16-8-12(19)21-15(4,5)6/h9H,8H2,1-7H3,(H,16,20). The number of amides is 1. The fourth-order valence-corrected chi connectivity index (χ4v) is 2.24. The Morgan fingerprint density at radius 1 is 1.33 bits per heavy atom. The molecule has 0 saturated heterocycles. The van der Waals surface area contributed by atoms with E-state index in [0.29, 0.717) is 0 Å². The zero-order valence-corrected chi connectivity index (χ0v) is 13.9. The molecule has 0 saturated carbocycles. The molecule has 0 fully saturated rings.